The van der Waals surface area contributed by atoms with Crippen molar-refractivity contribution >= 4 is 5.91 Å². The normalized spacial score (nSPS) is 30.6. The molecule has 11 heavy (non-hydrogen) atoms. The second-order valence-corrected chi connectivity index (χ2v) is 3.33. The zero-order valence-electron chi connectivity index (χ0n) is 7.37. The Kier molecular flexibility index (Phi) is 2.32. The third-order valence-electron chi connectivity index (χ3n) is 2.13. The van der Waals surface area contributed by atoms with Gasteiger partial charge in [-0.1, -0.05) is 13.0 Å². The Morgan fingerprint density at radius 2 is 2.18 bits per heavy atom. The summed E-state index contributed by atoms with van der Waals surface area (Å²) in [6.07, 6.45) is 5.07. The molecule has 0 aromatic rings. The first-order chi connectivity index (χ1) is 5.11. The van der Waals surface area contributed by atoms with Crippen LogP contribution in [0.2, 0.25) is 0 Å². The summed E-state index contributed by atoms with van der Waals surface area (Å²) in [5, 5.41) is 0. The van der Waals surface area contributed by atoms with E-state index in [0.717, 1.165) is 6.42 Å². The van der Waals surface area contributed by atoms with Gasteiger partial charge in [0.25, 0.3) is 0 Å². The van der Waals surface area contributed by atoms with Crippen LogP contribution in [0.1, 0.15) is 27.2 Å². The minimum atomic E-state index is 0.139. The van der Waals surface area contributed by atoms with Crippen LogP contribution in [0, 0.1) is 5.92 Å². The molecule has 2 unspecified atom stereocenters. The molecule has 0 fully saturated rings. The van der Waals surface area contributed by atoms with Crippen LogP contribution >= 0.6 is 0 Å². The van der Waals surface area contributed by atoms with E-state index in [1.54, 1.807) is 11.8 Å². The van der Waals surface area contributed by atoms with Crippen molar-refractivity contribution in [1.29, 1.82) is 0 Å². The molecule has 0 bridgehead atoms. The van der Waals surface area contributed by atoms with Crippen molar-refractivity contribution in [2.24, 2.45) is 5.92 Å². The molecular formula is C9H15NO. The molecule has 0 radical (unpaired) electrons. The van der Waals surface area contributed by atoms with E-state index >= 15 is 0 Å². The first kappa shape index (κ1) is 8.31. The number of nitrogens with zero attached hydrogens (tertiary/aromatic N) is 1. The smallest absolute Gasteiger partial charge is 0.223 e. The SMILES string of the molecule is CC(=O)N1C=CC(C)CC1C. The fourth-order valence-electron chi connectivity index (χ4n) is 1.53. The number of hydrogen-bond acceptors (Lipinski definition) is 1. The van der Waals surface area contributed by atoms with Gasteiger partial charge in [-0.05, 0) is 19.3 Å². The van der Waals surface area contributed by atoms with Crippen LogP contribution in [-0.2, 0) is 4.79 Å². The maximum absolute atomic E-state index is 11.0. The molecule has 0 aromatic carbocycles. The fourth-order valence-corrected chi connectivity index (χ4v) is 1.53. The molecule has 0 saturated heterocycles. The summed E-state index contributed by atoms with van der Waals surface area (Å²) in [6.45, 7) is 5.86. The number of allylic oxidation sites excluding steroid dienone is 1. The van der Waals surface area contributed by atoms with E-state index < -0.39 is 0 Å². The minimum absolute atomic E-state index is 0.139. The van der Waals surface area contributed by atoms with E-state index in [4.69, 9.17) is 0 Å². The average molecular weight is 153 g/mol. The number of carbonyl (C=O) groups is 1. The second kappa shape index (κ2) is 3.07. The van der Waals surface area contributed by atoms with E-state index in [1.807, 2.05) is 6.20 Å². The predicted molar refractivity (Wildman–Crippen MR) is 44.9 cm³/mol. The quantitative estimate of drug-likeness (QED) is 0.519. The van der Waals surface area contributed by atoms with Crippen LogP contribution in [0.3, 0.4) is 0 Å². The van der Waals surface area contributed by atoms with Gasteiger partial charge in [0.1, 0.15) is 0 Å². The lowest BCUT2D eigenvalue weighted by atomic mass is 9.98. The van der Waals surface area contributed by atoms with E-state index in [9.17, 15) is 4.79 Å². The van der Waals surface area contributed by atoms with Crippen molar-refractivity contribution in [3.63, 3.8) is 0 Å². The molecule has 0 saturated carbocycles. The molecule has 0 aromatic heterocycles. The first-order valence-corrected chi connectivity index (χ1v) is 4.08. The Labute approximate surface area is 67.9 Å². The monoisotopic (exact) mass is 153 g/mol. The summed E-state index contributed by atoms with van der Waals surface area (Å²) in [5.74, 6) is 0.751. The van der Waals surface area contributed by atoms with E-state index in [2.05, 4.69) is 19.9 Å². The largest absolute Gasteiger partial charge is 0.317 e. The van der Waals surface area contributed by atoms with Gasteiger partial charge in [-0.25, -0.2) is 0 Å². The Morgan fingerprint density at radius 3 is 2.64 bits per heavy atom. The molecule has 2 atom stereocenters. The van der Waals surface area contributed by atoms with Crippen molar-refractivity contribution in [2.45, 2.75) is 33.2 Å². The summed E-state index contributed by atoms with van der Waals surface area (Å²) in [7, 11) is 0. The Morgan fingerprint density at radius 1 is 1.55 bits per heavy atom. The Balaban J connectivity index is 2.68. The molecular weight excluding hydrogens is 138 g/mol. The number of rotatable bonds is 0. The summed E-state index contributed by atoms with van der Waals surface area (Å²) < 4.78 is 0. The van der Waals surface area contributed by atoms with Crippen molar-refractivity contribution in [3.8, 4) is 0 Å². The molecule has 1 heterocycles. The van der Waals surface area contributed by atoms with Gasteiger partial charge < -0.3 is 4.90 Å². The van der Waals surface area contributed by atoms with Crippen LogP contribution in [0.5, 0.6) is 0 Å². The molecule has 0 aliphatic carbocycles. The van der Waals surface area contributed by atoms with E-state index in [-0.39, 0.29) is 5.91 Å². The van der Waals surface area contributed by atoms with Crippen molar-refractivity contribution in [3.05, 3.63) is 12.3 Å². The summed E-state index contributed by atoms with van der Waals surface area (Å²) in [5.41, 5.74) is 0. The van der Waals surface area contributed by atoms with Gasteiger partial charge in [-0.3, -0.25) is 4.79 Å². The van der Waals surface area contributed by atoms with Crippen LogP contribution in [0.15, 0.2) is 12.3 Å². The molecule has 1 aliphatic rings. The molecule has 0 spiro atoms. The van der Waals surface area contributed by atoms with Crippen LogP contribution in [0.4, 0.5) is 0 Å². The van der Waals surface area contributed by atoms with Crippen molar-refractivity contribution in [1.82, 2.24) is 4.90 Å². The lowest BCUT2D eigenvalue weighted by molar-refractivity contribution is -0.128. The van der Waals surface area contributed by atoms with Gasteiger partial charge >= 0.3 is 0 Å². The zero-order chi connectivity index (χ0) is 8.43. The van der Waals surface area contributed by atoms with Gasteiger partial charge in [-0.15, -0.1) is 0 Å². The van der Waals surface area contributed by atoms with Crippen LogP contribution < -0.4 is 0 Å². The second-order valence-electron chi connectivity index (χ2n) is 3.33. The summed E-state index contributed by atoms with van der Waals surface area (Å²) in [4.78, 5) is 12.8. The van der Waals surface area contributed by atoms with E-state index in [0.29, 0.717) is 12.0 Å². The van der Waals surface area contributed by atoms with Gasteiger partial charge in [0.2, 0.25) is 5.91 Å². The Hall–Kier alpha value is -0.790. The van der Waals surface area contributed by atoms with Crippen LogP contribution in [-0.4, -0.2) is 16.8 Å². The topological polar surface area (TPSA) is 20.3 Å². The predicted octanol–water partition coefficient (Wildman–Crippen LogP) is 1.78. The fraction of sp³-hybridized carbons (Fsp3) is 0.667. The number of carbonyl (C=O) groups excluding carboxylic acids is 1. The Bertz CT molecular complexity index is 186. The molecule has 62 valence electrons. The molecule has 1 aliphatic heterocycles. The average Bonchev–Trinajstić information content (AvgIpc) is 1.85. The summed E-state index contributed by atoms with van der Waals surface area (Å²) in [6, 6.07) is 0.368. The lowest BCUT2D eigenvalue weighted by Gasteiger charge is -2.30. The highest BCUT2D eigenvalue weighted by atomic mass is 16.2. The number of amides is 1. The molecule has 2 nitrogen and oxygen atoms in total. The highest BCUT2D eigenvalue weighted by Crippen LogP contribution is 2.18. The molecule has 2 heteroatoms. The standard InChI is InChI=1S/C9H15NO/c1-7-4-5-10(9(3)11)8(2)6-7/h4-5,7-8H,6H2,1-3H3. The van der Waals surface area contributed by atoms with Crippen molar-refractivity contribution in [2.75, 3.05) is 0 Å². The highest BCUT2D eigenvalue weighted by molar-refractivity contribution is 5.74. The summed E-state index contributed by atoms with van der Waals surface area (Å²) >= 11 is 0. The van der Waals surface area contributed by atoms with Gasteiger partial charge in [0, 0.05) is 19.2 Å². The first-order valence-electron chi connectivity index (χ1n) is 4.08. The van der Waals surface area contributed by atoms with Crippen LogP contribution in [0.25, 0.3) is 0 Å². The van der Waals surface area contributed by atoms with Gasteiger partial charge in [-0.2, -0.15) is 0 Å². The maximum Gasteiger partial charge on any atom is 0.223 e. The van der Waals surface area contributed by atoms with Crippen molar-refractivity contribution < 1.29 is 4.79 Å². The molecule has 1 amide bonds. The minimum Gasteiger partial charge on any atom is -0.317 e. The molecule has 0 N–H and O–H groups in total. The maximum atomic E-state index is 11.0. The third kappa shape index (κ3) is 1.82. The van der Waals surface area contributed by atoms with Gasteiger partial charge in [0.15, 0.2) is 0 Å². The van der Waals surface area contributed by atoms with E-state index in [1.165, 1.54) is 0 Å². The zero-order valence-corrected chi connectivity index (χ0v) is 7.37. The van der Waals surface area contributed by atoms with Gasteiger partial charge in [0.05, 0.1) is 0 Å². The third-order valence-corrected chi connectivity index (χ3v) is 2.13. The highest BCUT2D eigenvalue weighted by Gasteiger charge is 2.19. The lowest BCUT2D eigenvalue weighted by Crippen LogP contribution is -2.35. The number of hydrogen-bond donors (Lipinski definition) is 0. The molecule has 1 rings (SSSR count).